The van der Waals surface area contributed by atoms with Gasteiger partial charge in [0.2, 0.25) is 17.9 Å². The number of piperidine rings is 1. The molecule has 0 bridgehead atoms. The molecule has 3 aromatic rings. The van der Waals surface area contributed by atoms with Crippen LogP contribution in [0, 0.1) is 19.3 Å². The number of carboxylic acids is 1. The first-order valence-electron chi connectivity index (χ1n) is 12.6. The smallest absolute Gasteiger partial charge is 0.429 e. The summed E-state index contributed by atoms with van der Waals surface area (Å²) in [6, 6.07) is 7.23. The molecular weight excluding hydrogens is 515 g/mol. The molecule has 0 unspecified atom stereocenters. The monoisotopic (exact) mass is 545 g/mol. The van der Waals surface area contributed by atoms with Crippen LogP contribution in [0.2, 0.25) is 0 Å². The van der Waals surface area contributed by atoms with E-state index in [1.165, 1.54) is 16.8 Å². The Kier molecular flexibility index (Phi) is 6.87. The van der Waals surface area contributed by atoms with Gasteiger partial charge < -0.3 is 25.8 Å². The summed E-state index contributed by atoms with van der Waals surface area (Å²) in [6.07, 6.45) is -3.53. The Hall–Kier alpha value is -3.87. The van der Waals surface area contributed by atoms with E-state index in [0.717, 1.165) is 0 Å². The maximum Gasteiger partial charge on any atom is 0.429 e. The van der Waals surface area contributed by atoms with Gasteiger partial charge in [-0.2, -0.15) is 28.2 Å². The number of alkyl halides is 3. The summed E-state index contributed by atoms with van der Waals surface area (Å²) in [5.74, 6) is -0.999. The number of nitrogens with zero attached hydrogens (tertiary/aromatic N) is 5. The lowest BCUT2D eigenvalue weighted by Crippen LogP contribution is -2.41. The van der Waals surface area contributed by atoms with Crippen LogP contribution >= 0.6 is 0 Å². The lowest BCUT2D eigenvalue weighted by atomic mass is 9.76. The van der Waals surface area contributed by atoms with E-state index in [0.29, 0.717) is 56.0 Å². The fourth-order valence-electron chi connectivity index (χ4n) is 5.40. The maximum absolute atomic E-state index is 14.5. The molecule has 2 atom stereocenters. The van der Waals surface area contributed by atoms with Gasteiger partial charge in [-0.1, -0.05) is 11.6 Å². The summed E-state index contributed by atoms with van der Waals surface area (Å²) in [5, 5.41) is 16.7. The minimum absolute atomic E-state index is 0.106. The van der Waals surface area contributed by atoms with Crippen molar-refractivity contribution in [3.05, 3.63) is 53.3 Å². The molecule has 1 aromatic carbocycles. The molecule has 2 aliphatic rings. The summed E-state index contributed by atoms with van der Waals surface area (Å²) in [6.45, 7) is 5.17. The number of carbonyl (C=O) groups is 1. The van der Waals surface area contributed by atoms with E-state index in [4.69, 9.17) is 10.5 Å². The molecule has 2 fully saturated rings. The molecule has 0 radical (unpaired) electrons. The van der Waals surface area contributed by atoms with Gasteiger partial charge in [0.15, 0.2) is 0 Å². The average molecular weight is 546 g/mol. The summed E-state index contributed by atoms with van der Waals surface area (Å²) >= 11 is 0. The molecule has 5 rings (SSSR count). The summed E-state index contributed by atoms with van der Waals surface area (Å²) in [7, 11) is 0. The van der Waals surface area contributed by atoms with Crippen molar-refractivity contribution >= 4 is 17.7 Å². The van der Waals surface area contributed by atoms with Gasteiger partial charge in [0.05, 0.1) is 11.4 Å². The predicted octanol–water partition coefficient (Wildman–Crippen LogP) is 3.58. The first-order valence-corrected chi connectivity index (χ1v) is 12.6. The second-order valence-electron chi connectivity index (χ2n) is 10.4. The number of aromatic nitrogens is 4. The highest BCUT2D eigenvalue weighted by atomic mass is 19.4. The van der Waals surface area contributed by atoms with E-state index < -0.39 is 24.3 Å². The first kappa shape index (κ1) is 26.7. The Labute approximate surface area is 223 Å². The normalized spacial score (nSPS) is 19.8. The molecule has 4 heterocycles. The summed E-state index contributed by atoms with van der Waals surface area (Å²) in [4.78, 5) is 21.5. The van der Waals surface area contributed by atoms with Crippen molar-refractivity contribution in [2.75, 3.05) is 30.3 Å². The number of nitrogen functional groups attached to an aromatic ring is 1. The van der Waals surface area contributed by atoms with E-state index in [2.05, 4.69) is 20.4 Å². The number of hydrogen-bond donors (Lipinski definition) is 3. The van der Waals surface area contributed by atoms with Crippen LogP contribution in [0.5, 0.6) is 5.88 Å². The van der Waals surface area contributed by atoms with Crippen LogP contribution in [0.3, 0.4) is 0 Å². The van der Waals surface area contributed by atoms with Crippen LogP contribution in [0.25, 0.3) is 5.69 Å². The number of aliphatic carboxylic acids is 1. The Morgan fingerprint density at radius 3 is 2.56 bits per heavy atom. The zero-order valence-corrected chi connectivity index (χ0v) is 21.6. The number of anilines is 2. The van der Waals surface area contributed by atoms with Crippen molar-refractivity contribution in [2.24, 2.45) is 5.41 Å². The Bertz CT molecular complexity index is 1370. The van der Waals surface area contributed by atoms with E-state index >= 15 is 0 Å². The third kappa shape index (κ3) is 5.63. The van der Waals surface area contributed by atoms with Crippen LogP contribution in [0.1, 0.15) is 42.2 Å². The number of hydrogen-bond acceptors (Lipinski definition) is 8. The number of rotatable bonds is 6. The Morgan fingerprint density at radius 2 is 1.95 bits per heavy atom. The highest BCUT2D eigenvalue weighted by Gasteiger charge is 2.46. The predicted molar refractivity (Wildman–Crippen MR) is 137 cm³/mol. The minimum Gasteiger partial charge on any atom is -0.480 e. The van der Waals surface area contributed by atoms with Crippen molar-refractivity contribution in [2.45, 2.75) is 51.4 Å². The zero-order chi connectivity index (χ0) is 27.9. The molecule has 2 aliphatic heterocycles. The van der Waals surface area contributed by atoms with Crippen molar-refractivity contribution in [3.8, 4) is 11.6 Å². The molecule has 1 spiro atoms. The van der Waals surface area contributed by atoms with E-state index in [-0.39, 0.29) is 28.5 Å². The number of benzene rings is 1. The van der Waals surface area contributed by atoms with Crippen LogP contribution < -0.4 is 20.7 Å². The summed E-state index contributed by atoms with van der Waals surface area (Å²) < 4.78 is 50.3. The lowest BCUT2D eigenvalue weighted by molar-refractivity contribution is -0.198. The van der Waals surface area contributed by atoms with E-state index in [1.807, 2.05) is 4.90 Å². The van der Waals surface area contributed by atoms with Gasteiger partial charge in [0.1, 0.15) is 11.9 Å². The second-order valence-corrected chi connectivity index (χ2v) is 10.4. The highest BCUT2D eigenvalue weighted by Crippen LogP contribution is 2.42. The molecule has 39 heavy (non-hydrogen) atoms. The molecule has 10 nitrogen and oxygen atoms in total. The van der Waals surface area contributed by atoms with E-state index in [9.17, 15) is 23.1 Å². The van der Waals surface area contributed by atoms with Gasteiger partial charge in [0, 0.05) is 37.5 Å². The minimum atomic E-state index is -4.77. The van der Waals surface area contributed by atoms with Crippen molar-refractivity contribution < 1.29 is 27.8 Å². The SMILES string of the molecule is Cc1ccc(-n2ccc(C)n2)c([C@@H](Oc2cc(N3CCC4(CC3)CN[C@H](C(=O)O)C4)nc(N)n2)C(F)(F)F)c1. The van der Waals surface area contributed by atoms with Gasteiger partial charge in [-0.05, 0) is 56.7 Å². The fraction of sp³-hybridized carbons (Fsp3) is 0.462. The molecule has 2 saturated heterocycles. The first-order chi connectivity index (χ1) is 18.4. The molecule has 0 aliphatic carbocycles. The van der Waals surface area contributed by atoms with Crippen LogP contribution in [-0.2, 0) is 4.79 Å². The van der Waals surface area contributed by atoms with Gasteiger partial charge >= 0.3 is 12.1 Å². The largest absolute Gasteiger partial charge is 0.480 e. The molecule has 0 amide bonds. The number of carboxylic acid groups (broad SMARTS) is 1. The topological polar surface area (TPSA) is 131 Å². The molecule has 208 valence electrons. The fourth-order valence-corrected chi connectivity index (χ4v) is 5.40. The third-order valence-corrected chi connectivity index (χ3v) is 7.48. The summed E-state index contributed by atoms with van der Waals surface area (Å²) in [5.41, 5.74) is 7.20. The molecule has 2 aromatic heterocycles. The maximum atomic E-state index is 14.5. The highest BCUT2D eigenvalue weighted by molar-refractivity contribution is 5.74. The number of aryl methyl sites for hydroxylation is 2. The van der Waals surface area contributed by atoms with E-state index in [1.54, 1.807) is 38.2 Å². The van der Waals surface area contributed by atoms with Gasteiger partial charge in [-0.15, -0.1) is 0 Å². The van der Waals surface area contributed by atoms with Crippen LogP contribution in [0.4, 0.5) is 24.9 Å². The third-order valence-electron chi connectivity index (χ3n) is 7.48. The zero-order valence-electron chi connectivity index (χ0n) is 21.6. The van der Waals surface area contributed by atoms with Crippen molar-refractivity contribution in [3.63, 3.8) is 0 Å². The number of ether oxygens (including phenoxy) is 1. The second kappa shape index (κ2) is 10.0. The molecular formula is C26H30F3N7O3. The lowest BCUT2D eigenvalue weighted by Gasteiger charge is -2.39. The standard InChI is InChI=1S/C26H30F3N7O3/c1-15-3-4-19(36-8-5-16(2)34-36)17(11-15)22(26(27,28)29)39-21-12-20(32-24(30)33-21)35-9-6-25(7-10-35)13-18(23(37)38)31-14-25/h3-5,8,11-12,18,22,31H,6-7,9-10,13-14H2,1-2H3,(H,37,38)(H2,30,32,33)/t18-,22+/m0/s1. The van der Waals surface area contributed by atoms with Crippen LogP contribution in [0.15, 0.2) is 36.5 Å². The Morgan fingerprint density at radius 1 is 1.21 bits per heavy atom. The van der Waals surface area contributed by atoms with Crippen LogP contribution in [-0.4, -0.2) is 62.7 Å². The number of nitrogens with two attached hydrogens (primary N) is 1. The van der Waals surface area contributed by atoms with Gasteiger partial charge in [-0.3, -0.25) is 4.79 Å². The molecule has 13 heteroatoms. The Balaban J connectivity index is 1.40. The average Bonchev–Trinajstić information content (AvgIpc) is 3.48. The van der Waals surface area contributed by atoms with Gasteiger partial charge in [0.25, 0.3) is 0 Å². The molecule has 0 saturated carbocycles. The number of nitrogens with one attached hydrogen (secondary N) is 1. The quantitative estimate of drug-likeness (QED) is 0.425. The van der Waals surface area contributed by atoms with Gasteiger partial charge in [-0.25, -0.2) is 4.68 Å². The van der Waals surface area contributed by atoms with Crippen molar-refractivity contribution in [1.29, 1.82) is 0 Å². The van der Waals surface area contributed by atoms with Crippen molar-refractivity contribution in [1.82, 2.24) is 25.1 Å². The molecule has 4 N–H and O–H groups in total. The number of halogens is 3.